The van der Waals surface area contributed by atoms with Crippen molar-refractivity contribution in [2.24, 2.45) is 0 Å². The highest BCUT2D eigenvalue weighted by Crippen LogP contribution is 2.12. The first-order valence-electron chi connectivity index (χ1n) is 8.27. The van der Waals surface area contributed by atoms with E-state index in [-0.39, 0.29) is 17.0 Å². The zero-order valence-electron chi connectivity index (χ0n) is 13.7. The molecule has 0 aliphatic carbocycles. The van der Waals surface area contributed by atoms with Gasteiger partial charge in [0.15, 0.2) is 0 Å². The Hall–Kier alpha value is -2.21. The molecule has 0 radical (unpaired) electrons. The predicted molar refractivity (Wildman–Crippen MR) is 88.8 cm³/mol. The zero-order valence-corrected chi connectivity index (χ0v) is 13.7. The molecule has 0 aromatic carbocycles. The van der Waals surface area contributed by atoms with Gasteiger partial charge in [-0.25, -0.2) is 4.98 Å². The van der Waals surface area contributed by atoms with Crippen LogP contribution in [0.5, 0.6) is 0 Å². The summed E-state index contributed by atoms with van der Waals surface area (Å²) in [6.07, 6.45) is 1.67. The summed E-state index contributed by atoms with van der Waals surface area (Å²) >= 11 is 0. The van der Waals surface area contributed by atoms with Crippen molar-refractivity contribution in [2.45, 2.75) is 20.4 Å². The summed E-state index contributed by atoms with van der Waals surface area (Å²) in [6, 6.07) is 5.41. The minimum atomic E-state index is -0.242. The molecule has 1 aliphatic heterocycles. The number of hydrogen-bond donors (Lipinski definition) is 1. The van der Waals surface area contributed by atoms with E-state index in [1.807, 2.05) is 19.1 Å². The summed E-state index contributed by atoms with van der Waals surface area (Å²) in [5.74, 6) is -0.155. The molecular weight excluding hydrogens is 292 g/mol. The number of hydrogen-bond acceptors (Lipinski definition) is 3. The number of aryl methyl sites for hydroxylation is 1. The minimum Gasteiger partial charge on any atom is -0.332 e. The second kappa shape index (κ2) is 6.50. The second-order valence-corrected chi connectivity index (χ2v) is 5.92. The lowest BCUT2D eigenvalue weighted by Crippen LogP contribution is -3.14. The Balaban J connectivity index is 1.98. The molecule has 0 saturated carbocycles. The fourth-order valence-corrected chi connectivity index (χ4v) is 3.20. The van der Waals surface area contributed by atoms with Crippen molar-refractivity contribution in [1.82, 2.24) is 14.5 Å². The average Bonchev–Trinajstić information content (AvgIpc) is 2.61. The van der Waals surface area contributed by atoms with Crippen LogP contribution < -0.4 is 10.5 Å². The van der Waals surface area contributed by atoms with Crippen LogP contribution in [0.4, 0.5) is 0 Å². The molecule has 23 heavy (non-hydrogen) atoms. The summed E-state index contributed by atoms with van der Waals surface area (Å²) < 4.78 is 1.58. The highest BCUT2D eigenvalue weighted by molar-refractivity contribution is 5.97. The number of aromatic nitrogens is 2. The Kier molecular flexibility index (Phi) is 4.43. The fraction of sp³-hybridized carbons (Fsp3) is 0.471. The Bertz CT molecular complexity index is 776. The Morgan fingerprint density at radius 2 is 2.04 bits per heavy atom. The molecule has 0 unspecified atom stereocenters. The van der Waals surface area contributed by atoms with Gasteiger partial charge < -0.3 is 9.80 Å². The largest absolute Gasteiger partial charge is 0.332 e. The van der Waals surface area contributed by atoms with Crippen molar-refractivity contribution in [3.63, 3.8) is 0 Å². The van der Waals surface area contributed by atoms with Gasteiger partial charge in [0.05, 0.1) is 32.7 Å². The van der Waals surface area contributed by atoms with E-state index in [4.69, 9.17) is 0 Å². The van der Waals surface area contributed by atoms with Gasteiger partial charge in [-0.3, -0.25) is 14.2 Å². The molecule has 1 saturated heterocycles. The summed E-state index contributed by atoms with van der Waals surface area (Å²) in [4.78, 5) is 33.1. The highest BCUT2D eigenvalue weighted by Gasteiger charge is 2.26. The van der Waals surface area contributed by atoms with Crippen LogP contribution in [0.2, 0.25) is 0 Å². The van der Waals surface area contributed by atoms with Crippen LogP contribution >= 0.6 is 0 Å². The first-order chi connectivity index (χ1) is 11.2. The van der Waals surface area contributed by atoms with Crippen molar-refractivity contribution in [1.29, 1.82) is 0 Å². The first-order valence-corrected chi connectivity index (χ1v) is 8.27. The Morgan fingerprint density at radius 3 is 2.70 bits per heavy atom. The van der Waals surface area contributed by atoms with Crippen molar-refractivity contribution in [2.75, 3.05) is 32.7 Å². The molecule has 122 valence electrons. The minimum absolute atomic E-state index is 0.155. The lowest BCUT2D eigenvalue weighted by molar-refractivity contribution is -0.902. The Labute approximate surface area is 135 Å². The number of nitrogens with zero attached hydrogens (tertiary/aromatic N) is 3. The molecule has 3 rings (SSSR count). The smallest absolute Gasteiger partial charge is 0.265 e. The molecule has 1 amide bonds. The molecule has 2 aromatic heterocycles. The number of nitrogens with one attached hydrogen (secondary N) is 1. The normalized spacial score (nSPS) is 16.0. The zero-order chi connectivity index (χ0) is 16.4. The van der Waals surface area contributed by atoms with Gasteiger partial charge in [0.1, 0.15) is 11.2 Å². The van der Waals surface area contributed by atoms with E-state index in [1.165, 1.54) is 4.90 Å². The maximum absolute atomic E-state index is 12.8. The van der Waals surface area contributed by atoms with Crippen LogP contribution in [0.25, 0.3) is 11.0 Å². The van der Waals surface area contributed by atoms with Gasteiger partial charge in [-0.1, -0.05) is 0 Å². The standard InChI is InChI=1S/C17H22N4O2/c1-3-19-8-10-20(11-9-19)16(22)14-12-13-6-5-7-18-15(13)21(4-2)17(14)23/h5-7,12H,3-4,8-11H2,1-2H3/p+1. The quantitative estimate of drug-likeness (QED) is 0.852. The summed E-state index contributed by atoms with van der Waals surface area (Å²) in [6.45, 7) is 8.93. The van der Waals surface area contributed by atoms with Crippen LogP contribution in [0, 0.1) is 0 Å². The van der Waals surface area contributed by atoms with Crippen LogP contribution in [0.3, 0.4) is 0 Å². The van der Waals surface area contributed by atoms with Crippen molar-refractivity contribution < 1.29 is 9.69 Å². The van der Waals surface area contributed by atoms with Crippen LogP contribution in [-0.2, 0) is 6.54 Å². The number of rotatable bonds is 3. The lowest BCUT2D eigenvalue weighted by Gasteiger charge is -2.31. The van der Waals surface area contributed by atoms with E-state index in [0.29, 0.717) is 25.3 Å². The highest BCUT2D eigenvalue weighted by atomic mass is 16.2. The van der Waals surface area contributed by atoms with Gasteiger partial charge in [-0.15, -0.1) is 0 Å². The van der Waals surface area contributed by atoms with Crippen LogP contribution in [0.15, 0.2) is 29.2 Å². The third kappa shape index (κ3) is 2.86. The maximum atomic E-state index is 12.8. The van der Waals surface area contributed by atoms with E-state index < -0.39 is 0 Å². The van der Waals surface area contributed by atoms with Gasteiger partial charge in [0, 0.05) is 18.1 Å². The molecular formula is C17H23N4O2+. The number of amides is 1. The first kappa shape index (κ1) is 15.7. The van der Waals surface area contributed by atoms with E-state index in [1.54, 1.807) is 21.7 Å². The monoisotopic (exact) mass is 315 g/mol. The van der Waals surface area contributed by atoms with Crippen molar-refractivity contribution in [3.05, 3.63) is 40.3 Å². The fourth-order valence-electron chi connectivity index (χ4n) is 3.20. The molecule has 6 nitrogen and oxygen atoms in total. The van der Waals surface area contributed by atoms with Crippen LogP contribution in [-0.4, -0.2) is 53.1 Å². The van der Waals surface area contributed by atoms with Gasteiger partial charge in [-0.05, 0) is 32.0 Å². The molecule has 3 heterocycles. The molecule has 0 spiro atoms. The molecule has 1 N–H and O–H groups in total. The number of quaternary nitrogens is 1. The van der Waals surface area contributed by atoms with E-state index in [0.717, 1.165) is 25.0 Å². The Morgan fingerprint density at radius 1 is 1.30 bits per heavy atom. The number of piperazine rings is 1. The number of carbonyl (C=O) groups is 1. The SMILES string of the molecule is CCn1c(=O)c(C(=O)N2CC[NH+](CC)CC2)cc2cccnc21. The van der Waals surface area contributed by atoms with Gasteiger partial charge in [-0.2, -0.15) is 0 Å². The topological polar surface area (TPSA) is 59.6 Å². The van der Waals surface area contributed by atoms with Gasteiger partial charge in [0.25, 0.3) is 11.5 Å². The number of likely N-dealkylation sites (N-methyl/N-ethyl adjacent to an activating group) is 1. The van der Waals surface area contributed by atoms with Crippen molar-refractivity contribution >= 4 is 16.9 Å². The number of pyridine rings is 2. The molecule has 0 atom stereocenters. The average molecular weight is 315 g/mol. The second-order valence-electron chi connectivity index (χ2n) is 5.92. The summed E-state index contributed by atoms with van der Waals surface area (Å²) in [7, 11) is 0. The molecule has 1 fully saturated rings. The summed E-state index contributed by atoms with van der Waals surface area (Å²) in [5, 5.41) is 0.829. The number of carbonyl (C=O) groups excluding carboxylic acids is 1. The molecule has 1 aliphatic rings. The van der Waals surface area contributed by atoms with Gasteiger partial charge in [0.2, 0.25) is 0 Å². The van der Waals surface area contributed by atoms with Crippen molar-refractivity contribution in [3.8, 4) is 0 Å². The molecule has 2 aromatic rings. The van der Waals surface area contributed by atoms with E-state index >= 15 is 0 Å². The summed E-state index contributed by atoms with van der Waals surface area (Å²) in [5.41, 5.74) is 0.651. The molecule has 6 heteroatoms. The lowest BCUT2D eigenvalue weighted by atomic mass is 10.1. The maximum Gasteiger partial charge on any atom is 0.265 e. The van der Waals surface area contributed by atoms with E-state index in [2.05, 4.69) is 11.9 Å². The van der Waals surface area contributed by atoms with Gasteiger partial charge >= 0.3 is 0 Å². The number of fused-ring (bicyclic) bond motifs is 1. The predicted octanol–water partition coefficient (Wildman–Crippen LogP) is -0.223. The third-order valence-electron chi connectivity index (χ3n) is 4.65. The van der Waals surface area contributed by atoms with Crippen LogP contribution in [0.1, 0.15) is 24.2 Å². The van der Waals surface area contributed by atoms with E-state index in [9.17, 15) is 9.59 Å². The molecule has 0 bridgehead atoms. The third-order valence-corrected chi connectivity index (χ3v) is 4.65.